The van der Waals surface area contributed by atoms with Crippen LogP contribution in [0.25, 0.3) is 22.2 Å². The van der Waals surface area contributed by atoms with E-state index in [9.17, 15) is 4.79 Å². The summed E-state index contributed by atoms with van der Waals surface area (Å²) in [6.07, 6.45) is 0. The minimum absolute atomic E-state index is 0.154. The molecule has 0 unspecified atom stereocenters. The van der Waals surface area contributed by atoms with E-state index in [1.54, 1.807) is 0 Å². The molecule has 6 heteroatoms. The van der Waals surface area contributed by atoms with Crippen LogP contribution < -0.4 is 0 Å². The molecule has 0 aliphatic heterocycles. The topological polar surface area (TPSA) is 65.2 Å². The summed E-state index contributed by atoms with van der Waals surface area (Å²) in [5, 5.41) is 9.65. The van der Waals surface area contributed by atoms with Crippen LogP contribution in [0.4, 0.5) is 0 Å². The summed E-state index contributed by atoms with van der Waals surface area (Å²) in [6.45, 7) is 0. The van der Waals surface area contributed by atoms with Gasteiger partial charge in [-0.15, -0.1) is 10.2 Å². The number of carbonyl (C=O) groups is 1. The van der Waals surface area contributed by atoms with Crippen molar-refractivity contribution in [1.82, 2.24) is 10.2 Å². The molecule has 100 valence electrons. The van der Waals surface area contributed by atoms with Gasteiger partial charge in [0, 0.05) is 10.0 Å². The summed E-state index contributed by atoms with van der Waals surface area (Å²) in [5.74, 6) is -0.512. The second kappa shape index (κ2) is 5.05. The fourth-order valence-corrected chi connectivity index (χ4v) is 2.24. The average Bonchev–Trinajstić information content (AvgIpc) is 2.95. The van der Waals surface area contributed by atoms with Gasteiger partial charge in [-0.1, -0.05) is 28.1 Å². The summed E-state index contributed by atoms with van der Waals surface area (Å²) in [7, 11) is 1.26. The summed E-state index contributed by atoms with van der Waals surface area (Å²) < 4.78 is 10.8. The number of hydrogen-bond acceptors (Lipinski definition) is 5. The highest BCUT2D eigenvalue weighted by Crippen LogP contribution is 2.25. The van der Waals surface area contributed by atoms with Crippen molar-refractivity contribution in [2.75, 3.05) is 7.11 Å². The van der Waals surface area contributed by atoms with Gasteiger partial charge in [-0.2, -0.15) is 0 Å². The Labute approximate surface area is 122 Å². The quantitative estimate of drug-likeness (QED) is 0.672. The first-order chi connectivity index (χ1) is 9.67. The van der Waals surface area contributed by atoms with E-state index in [2.05, 4.69) is 30.9 Å². The van der Waals surface area contributed by atoms with Crippen LogP contribution in [0.1, 0.15) is 10.7 Å². The molecule has 1 aromatic heterocycles. The van der Waals surface area contributed by atoms with E-state index in [0.717, 1.165) is 20.8 Å². The molecule has 5 nitrogen and oxygen atoms in total. The zero-order valence-electron chi connectivity index (χ0n) is 10.5. The Balaban J connectivity index is 2.03. The van der Waals surface area contributed by atoms with E-state index in [4.69, 9.17) is 4.42 Å². The van der Waals surface area contributed by atoms with Crippen molar-refractivity contribution in [3.8, 4) is 11.5 Å². The van der Waals surface area contributed by atoms with E-state index in [0.29, 0.717) is 0 Å². The van der Waals surface area contributed by atoms with Crippen molar-refractivity contribution in [2.24, 2.45) is 0 Å². The Morgan fingerprint density at radius 3 is 2.70 bits per heavy atom. The predicted molar refractivity (Wildman–Crippen MR) is 76.3 cm³/mol. The van der Waals surface area contributed by atoms with Crippen LogP contribution in [0.15, 0.2) is 45.3 Å². The van der Waals surface area contributed by atoms with Gasteiger partial charge >= 0.3 is 11.9 Å². The Kier molecular flexibility index (Phi) is 3.23. The van der Waals surface area contributed by atoms with Gasteiger partial charge in [-0.3, -0.25) is 0 Å². The third-order valence-corrected chi connectivity index (χ3v) is 3.33. The lowest BCUT2D eigenvalue weighted by Gasteiger charge is -2.00. The second-order valence-electron chi connectivity index (χ2n) is 4.11. The van der Waals surface area contributed by atoms with Gasteiger partial charge in [0.2, 0.25) is 5.89 Å². The molecule has 1 heterocycles. The SMILES string of the molecule is COC(=O)c1nnc(-c2ccc3cc(Br)ccc3c2)o1. The molecule has 0 aliphatic carbocycles. The van der Waals surface area contributed by atoms with Gasteiger partial charge in [0.05, 0.1) is 7.11 Å². The highest BCUT2D eigenvalue weighted by atomic mass is 79.9. The number of benzene rings is 2. The van der Waals surface area contributed by atoms with E-state index in [-0.39, 0.29) is 11.8 Å². The minimum atomic E-state index is -0.645. The normalized spacial score (nSPS) is 10.7. The molecule has 0 bridgehead atoms. The second-order valence-corrected chi connectivity index (χ2v) is 5.03. The predicted octanol–water partition coefficient (Wildman–Crippen LogP) is 3.44. The summed E-state index contributed by atoms with van der Waals surface area (Å²) in [4.78, 5) is 11.3. The largest absolute Gasteiger partial charge is 0.462 e. The Morgan fingerprint density at radius 2 is 1.90 bits per heavy atom. The maximum Gasteiger partial charge on any atom is 0.396 e. The van der Waals surface area contributed by atoms with E-state index >= 15 is 0 Å². The molecule has 0 aliphatic rings. The third kappa shape index (κ3) is 2.30. The lowest BCUT2D eigenvalue weighted by molar-refractivity contribution is 0.0556. The summed E-state index contributed by atoms with van der Waals surface area (Å²) >= 11 is 3.43. The molecule has 3 rings (SSSR count). The molecule has 0 fully saturated rings. The lowest BCUT2D eigenvalue weighted by Crippen LogP contribution is -2.00. The molecule has 0 saturated carbocycles. The number of aromatic nitrogens is 2. The zero-order chi connectivity index (χ0) is 14.1. The van der Waals surface area contributed by atoms with Crippen LogP contribution in [0, 0.1) is 0 Å². The molecular weight excluding hydrogens is 324 g/mol. The van der Waals surface area contributed by atoms with Crippen LogP contribution in [0.3, 0.4) is 0 Å². The lowest BCUT2D eigenvalue weighted by atomic mass is 10.1. The first-order valence-corrected chi connectivity index (χ1v) is 6.58. The zero-order valence-corrected chi connectivity index (χ0v) is 12.0. The van der Waals surface area contributed by atoms with Crippen molar-refractivity contribution in [3.05, 3.63) is 46.8 Å². The monoisotopic (exact) mass is 332 g/mol. The van der Waals surface area contributed by atoms with Crippen molar-refractivity contribution >= 4 is 32.7 Å². The average molecular weight is 333 g/mol. The molecule has 0 spiro atoms. The highest BCUT2D eigenvalue weighted by Gasteiger charge is 2.16. The fraction of sp³-hybridized carbons (Fsp3) is 0.0714. The van der Waals surface area contributed by atoms with Crippen molar-refractivity contribution < 1.29 is 13.9 Å². The first-order valence-electron chi connectivity index (χ1n) is 5.79. The molecule has 20 heavy (non-hydrogen) atoms. The smallest absolute Gasteiger partial charge is 0.396 e. The van der Waals surface area contributed by atoms with Crippen molar-refractivity contribution in [2.45, 2.75) is 0 Å². The van der Waals surface area contributed by atoms with E-state index in [1.807, 2.05) is 36.4 Å². The number of hydrogen-bond donors (Lipinski definition) is 0. The number of fused-ring (bicyclic) bond motifs is 1. The molecule has 0 atom stereocenters. The molecule has 0 radical (unpaired) electrons. The van der Waals surface area contributed by atoms with Crippen LogP contribution in [-0.2, 0) is 4.74 Å². The number of ether oxygens (including phenoxy) is 1. The third-order valence-electron chi connectivity index (χ3n) is 2.83. The molecule has 0 amide bonds. The maximum atomic E-state index is 11.3. The van der Waals surface area contributed by atoms with E-state index in [1.165, 1.54) is 7.11 Å². The van der Waals surface area contributed by atoms with Crippen LogP contribution in [-0.4, -0.2) is 23.3 Å². The standard InChI is InChI=1S/C14H9BrN2O3/c1-19-14(18)13-17-16-12(20-13)10-3-2-9-7-11(15)5-4-8(9)6-10/h2-7H,1H3. The van der Waals surface area contributed by atoms with Gasteiger partial charge in [-0.05, 0) is 35.0 Å². The molecule has 0 saturated heterocycles. The number of carbonyl (C=O) groups excluding carboxylic acids is 1. The summed E-state index contributed by atoms with van der Waals surface area (Å²) in [5.41, 5.74) is 0.752. The molecular formula is C14H9BrN2O3. The number of esters is 1. The Hall–Kier alpha value is -2.21. The maximum absolute atomic E-state index is 11.3. The van der Waals surface area contributed by atoms with Crippen molar-refractivity contribution in [3.63, 3.8) is 0 Å². The number of methoxy groups -OCH3 is 1. The van der Waals surface area contributed by atoms with Gasteiger partial charge in [-0.25, -0.2) is 4.79 Å². The van der Waals surface area contributed by atoms with Gasteiger partial charge < -0.3 is 9.15 Å². The number of nitrogens with zero attached hydrogens (tertiary/aromatic N) is 2. The summed E-state index contributed by atoms with van der Waals surface area (Å²) in [6, 6.07) is 11.7. The molecule has 0 N–H and O–H groups in total. The molecule has 2 aromatic carbocycles. The van der Waals surface area contributed by atoms with Crippen molar-refractivity contribution in [1.29, 1.82) is 0 Å². The Morgan fingerprint density at radius 1 is 1.15 bits per heavy atom. The van der Waals surface area contributed by atoms with Gasteiger partial charge in [0.1, 0.15) is 0 Å². The number of halogens is 1. The first kappa shape index (κ1) is 12.8. The minimum Gasteiger partial charge on any atom is -0.462 e. The number of rotatable bonds is 2. The van der Waals surface area contributed by atoms with Gasteiger partial charge in [0.25, 0.3) is 0 Å². The van der Waals surface area contributed by atoms with Crippen LogP contribution in [0.5, 0.6) is 0 Å². The fourth-order valence-electron chi connectivity index (χ4n) is 1.86. The van der Waals surface area contributed by atoms with E-state index < -0.39 is 5.97 Å². The van der Waals surface area contributed by atoms with Crippen LogP contribution >= 0.6 is 15.9 Å². The van der Waals surface area contributed by atoms with Crippen LogP contribution in [0.2, 0.25) is 0 Å². The highest BCUT2D eigenvalue weighted by molar-refractivity contribution is 9.10. The molecule has 3 aromatic rings. The Bertz CT molecular complexity index is 798. The van der Waals surface area contributed by atoms with Gasteiger partial charge in [0.15, 0.2) is 0 Å².